The lowest BCUT2D eigenvalue weighted by molar-refractivity contribution is -0.142. The number of carboxylic acid groups (broad SMARTS) is 1. The number of piperidine rings is 1. The minimum absolute atomic E-state index is 0.0626. The van der Waals surface area contributed by atoms with Gasteiger partial charge in [-0.1, -0.05) is 0 Å². The van der Waals surface area contributed by atoms with Gasteiger partial charge in [0.1, 0.15) is 0 Å². The highest BCUT2D eigenvalue weighted by molar-refractivity contribution is 7.86. The minimum atomic E-state index is -3.59. The van der Waals surface area contributed by atoms with Crippen LogP contribution in [0.4, 0.5) is 0 Å². The molecule has 0 radical (unpaired) electrons. The third-order valence-electron chi connectivity index (χ3n) is 4.37. The van der Waals surface area contributed by atoms with Gasteiger partial charge in [0.15, 0.2) is 0 Å². The monoisotopic (exact) mass is 320 g/mol. The molecule has 2 unspecified atom stereocenters. The van der Waals surface area contributed by atoms with Gasteiger partial charge in [-0.05, 0) is 38.5 Å². The highest BCUT2D eigenvalue weighted by Crippen LogP contribution is 2.29. The molecule has 122 valence electrons. The first-order valence-corrected chi connectivity index (χ1v) is 8.97. The second-order valence-corrected chi connectivity index (χ2v) is 7.70. The highest BCUT2D eigenvalue weighted by atomic mass is 32.2. The second kappa shape index (κ2) is 7.04. The number of nitrogens with zero attached hydrogens (tertiary/aromatic N) is 2. The first-order chi connectivity index (χ1) is 9.96. The molecule has 0 aromatic rings. The number of carboxylic acids is 1. The van der Waals surface area contributed by atoms with Crippen molar-refractivity contribution in [1.29, 1.82) is 0 Å². The summed E-state index contributed by atoms with van der Waals surface area (Å²) >= 11 is 0. The van der Waals surface area contributed by atoms with E-state index in [2.05, 4.69) is 0 Å². The van der Waals surface area contributed by atoms with Crippen LogP contribution in [0.5, 0.6) is 0 Å². The van der Waals surface area contributed by atoms with Gasteiger partial charge < -0.3 is 10.2 Å². The average Bonchev–Trinajstić information content (AvgIpc) is 2.94. The number of hydrogen-bond acceptors (Lipinski definition) is 4. The summed E-state index contributed by atoms with van der Waals surface area (Å²) < 4.78 is 28.3. The van der Waals surface area contributed by atoms with Gasteiger partial charge in [-0.15, -0.1) is 0 Å². The molecule has 2 atom stereocenters. The molecule has 0 amide bonds. The molecule has 2 rings (SSSR count). The van der Waals surface area contributed by atoms with Crippen LogP contribution in [-0.4, -0.2) is 65.5 Å². The quantitative estimate of drug-likeness (QED) is 0.732. The Hall–Kier alpha value is -0.700. The van der Waals surface area contributed by atoms with Gasteiger partial charge in [-0.2, -0.15) is 17.0 Å². The third kappa shape index (κ3) is 3.74. The van der Waals surface area contributed by atoms with E-state index in [-0.39, 0.29) is 19.2 Å². The first kappa shape index (κ1) is 16.7. The summed E-state index contributed by atoms with van der Waals surface area (Å²) in [5.41, 5.74) is 0. The summed E-state index contributed by atoms with van der Waals surface area (Å²) in [7, 11) is -3.59. The molecule has 7 nitrogen and oxygen atoms in total. The molecule has 8 heteroatoms. The van der Waals surface area contributed by atoms with Gasteiger partial charge in [-0.3, -0.25) is 4.79 Å². The molecule has 21 heavy (non-hydrogen) atoms. The Morgan fingerprint density at radius 3 is 2.57 bits per heavy atom. The Labute approximate surface area is 125 Å². The summed E-state index contributed by atoms with van der Waals surface area (Å²) in [6, 6.07) is -0.0626. The molecule has 0 spiro atoms. The molecule has 2 saturated heterocycles. The van der Waals surface area contributed by atoms with E-state index in [9.17, 15) is 13.2 Å². The molecule has 2 N–H and O–H groups in total. The van der Waals surface area contributed by atoms with Crippen molar-refractivity contribution in [3.63, 3.8) is 0 Å². The van der Waals surface area contributed by atoms with E-state index in [4.69, 9.17) is 10.2 Å². The molecule has 2 fully saturated rings. The zero-order valence-electron chi connectivity index (χ0n) is 12.1. The molecular weight excluding hydrogens is 296 g/mol. The normalized spacial score (nSPS) is 28.8. The van der Waals surface area contributed by atoms with Crippen molar-refractivity contribution in [2.45, 2.75) is 44.6 Å². The summed E-state index contributed by atoms with van der Waals surface area (Å²) in [6.45, 7) is 1.03. The fraction of sp³-hybridized carbons (Fsp3) is 0.923. The van der Waals surface area contributed by atoms with Gasteiger partial charge in [0.2, 0.25) is 0 Å². The fourth-order valence-electron chi connectivity index (χ4n) is 3.23. The molecular formula is C13H24N2O5S. The Morgan fingerprint density at radius 1 is 1.19 bits per heavy atom. The Morgan fingerprint density at radius 2 is 1.90 bits per heavy atom. The Bertz CT molecular complexity index is 467. The SMILES string of the molecule is O=C(O)C1CCCN(S(=O)(=O)N2CCCC2CCCO)C1. The van der Waals surface area contributed by atoms with Crippen LogP contribution in [0.1, 0.15) is 38.5 Å². The van der Waals surface area contributed by atoms with Gasteiger partial charge >= 0.3 is 5.97 Å². The lowest BCUT2D eigenvalue weighted by Gasteiger charge is -2.35. The van der Waals surface area contributed by atoms with Crippen LogP contribution in [0.25, 0.3) is 0 Å². The second-order valence-electron chi connectivity index (χ2n) is 5.82. The van der Waals surface area contributed by atoms with Crippen molar-refractivity contribution in [2.75, 3.05) is 26.2 Å². The van der Waals surface area contributed by atoms with Gasteiger partial charge in [-0.25, -0.2) is 0 Å². The molecule has 0 aromatic heterocycles. The summed E-state index contributed by atoms with van der Waals surface area (Å²) in [5, 5.41) is 18.0. The first-order valence-electron chi connectivity index (χ1n) is 7.57. The predicted molar refractivity (Wildman–Crippen MR) is 76.9 cm³/mol. The van der Waals surface area contributed by atoms with E-state index in [0.29, 0.717) is 38.8 Å². The lowest BCUT2D eigenvalue weighted by atomic mass is 10.0. The number of aliphatic hydroxyl groups is 1. The summed E-state index contributed by atoms with van der Waals surface area (Å²) in [6.07, 6.45) is 4.02. The average molecular weight is 320 g/mol. The van der Waals surface area contributed by atoms with Crippen LogP contribution in [0, 0.1) is 5.92 Å². The smallest absolute Gasteiger partial charge is 0.307 e. The highest BCUT2D eigenvalue weighted by Gasteiger charge is 2.40. The maximum atomic E-state index is 12.7. The predicted octanol–water partition coefficient (Wildman–Crippen LogP) is 0.265. The van der Waals surface area contributed by atoms with Crippen molar-refractivity contribution in [1.82, 2.24) is 8.61 Å². The number of hydrogen-bond donors (Lipinski definition) is 2. The molecule has 0 aliphatic carbocycles. The number of carbonyl (C=O) groups is 1. The van der Waals surface area contributed by atoms with Crippen LogP contribution in [0.2, 0.25) is 0 Å². The molecule has 2 aliphatic heterocycles. The van der Waals surface area contributed by atoms with E-state index in [1.807, 2.05) is 0 Å². The van der Waals surface area contributed by atoms with Crippen LogP contribution in [0.15, 0.2) is 0 Å². The maximum Gasteiger partial charge on any atom is 0.307 e. The largest absolute Gasteiger partial charge is 0.481 e. The van der Waals surface area contributed by atoms with Gasteiger partial charge in [0.25, 0.3) is 10.2 Å². The lowest BCUT2D eigenvalue weighted by Crippen LogP contribution is -2.50. The maximum absolute atomic E-state index is 12.7. The van der Waals surface area contributed by atoms with Crippen molar-refractivity contribution < 1.29 is 23.4 Å². The van der Waals surface area contributed by atoms with E-state index >= 15 is 0 Å². The van der Waals surface area contributed by atoms with Gasteiger partial charge in [0.05, 0.1) is 5.92 Å². The molecule has 0 saturated carbocycles. The summed E-state index contributed by atoms with van der Waals surface area (Å²) in [4.78, 5) is 11.1. The minimum Gasteiger partial charge on any atom is -0.481 e. The third-order valence-corrected chi connectivity index (χ3v) is 6.43. The topological polar surface area (TPSA) is 98.2 Å². The Kier molecular flexibility index (Phi) is 5.59. The van der Waals surface area contributed by atoms with Crippen molar-refractivity contribution in [3.05, 3.63) is 0 Å². The van der Waals surface area contributed by atoms with E-state index in [1.54, 1.807) is 0 Å². The number of aliphatic hydroxyl groups excluding tert-OH is 1. The Balaban J connectivity index is 2.07. The van der Waals surface area contributed by atoms with Crippen molar-refractivity contribution in [2.24, 2.45) is 5.92 Å². The zero-order valence-corrected chi connectivity index (χ0v) is 13.0. The van der Waals surface area contributed by atoms with Crippen LogP contribution in [0.3, 0.4) is 0 Å². The van der Waals surface area contributed by atoms with E-state index in [1.165, 1.54) is 8.61 Å². The van der Waals surface area contributed by atoms with Crippen LogP contribution in [-0.2, 0) is 15.0 Å². The molecule has 2 aliphatic rings. The fourth-order valence-corrected chi connectivity index (χ4v) is 5.20. The zero-order chi connectivity index (χ0) is 15.5. The van der Waals surface area contributed by atoms with E-state index in [0.717, 1.165) is 12.8 Å². The summed E-state index contributed by atoms with van der Waals surface area (Å²) in [5.74, 6) is -1.53. The van der Waals surface area contributed by atoms with Crippen molar-refractivity contribution in [3.8, 4) is 0 Å². The van der Waals surface area contributed by atoms with E-state index < -0.39 is 22.1 Å². The number of aliphatic carboxylic acids is 1. The number of rotatable bonds is 6. The molecule has 0 aromatic carbocycles. The molecule has 0 bridgehead atoms. The van der Waals surface area contributed by atoms with Crippen LogP contribution >= 0.6 is 0 Å². The molecule has 2 heterocycles. The van der Waals surface area contributed by atoms with Gasteiger partial charge in [0, 0.05) is 32.3 Å². The van der Waals surface area contributed by atoms with Crippen molar-refractivity contribution >= 4 is 16.2 Å². The van der Waals surface area contributed by atoms with Crippen LogP contribution < -0.4 is 0 Å². The standard InChI is InChI=1S/C13H24N2O5S/c16-9-3-6-12-5-2-8-15(12)21(19,20)14-7-1-4-11(10-14)13(17)18/h11-12,16H,1-10H2,(H,17,18).